The van der Waals surface area contributed by atoms with Gasteiger partial charge in [-0.3, -0.25) is 9.89 Å². The SMILES string of the molecule is CCCNC(N)=NCC1CCN(Cc2csc(C)n2)CC1.I. The van der Waals surface area contributed by atoms with E-state index < -0.39 is 0 Å². The maximum absolute atomic E-state index is 5.83. The van der Waals surface area contributed by atoms with Crippen LogP contribution in [0.2, 0.25) is 0 Å². The van der Waals surface area contributed by atoms with Crippen LogP contribution in [0.25, 0.3) is 0 Å². The number of piperidine rings is 1. The molecule has 1 fully saturated rings. The Morgan fingerprint density at radius 3 is 2.82 bits per heavy atom. The lowest BCUT2D eigenvalue weighted by Crippen LogP contribution is -2.36. The van der Waals surface area contributed by atoms with Crippen LogP contribution in [0.3, 0.4) is 0 Å². The van der Waals surface area contributed by atoms with Crippen molar-refractivity contribution in [3.05, 3.63) is 16.1 Å². The van der Waals surface area contributed by atoms with E-state index in [9.17, 15) is 0 Å². The number of nitrogens with one attached hydrogen (secondary N) is 1. The molecule has 0 unspecified atom stereocenters. The highest BCUT2D eigenvalue weighted by Gasteiger charge is 2.19. The fourth-order valence-corrected chi connectivity index (χ4v) is 3.18. The van der Waals surface area contributed by atoms with E-state index in [1.165, 1.54) is 18.5 Å². The molecular formula is C15H28IN5S. The Balaban J connectivity index is 0.00000242. The van der Waals surface area contributed by atoms with Crippen LogP contribution in [-0.4, -0.2) is 42.0 Å². The quantitative estimate of drug-likeness (QED) is 0.408. The Morgan fingerprint density at radius 1 is 1.50 bits per heavy atom. The molecule has 1 aromatic heterocycles. The molecule has 0 radical (unpaired) electrons. The average molecular weight is 437 g/mol. The van der Waals surface area contributed by atoms with E-state index >= 15 is 0 Å². The number of aryl methyl sites for hydroxylation is 1. The van der Waals surface area contributed by atoms with Crippen molar-refractivity contribution in [3.8, 4) is 0 Å². The van der Waals surface area contributed by atoms with Gasteiger partial charge in [-0.15, -0.1) is 35.3 Å². The van der Waals surface area contributed by atoms with Gasteiger partial charge in [-0.25, -0.2) is 4.98 Å². The third-order valence-electron chi connectivity index (χ3n) is 3.84. The topological polar surface area (TPSA) is 66.5 Å². The molecule has 0 aromatic carbocycles. The summed E-state index contributed by atoms with van der Waals surface area (Å²) in [7, 11) is 0. The van der Waals surface area contributed by atoms with Crippen molar-refractivity contribution >= 4 is 41.3 Å². The van der Waals surface area contributed by atoms with Crippen molar-refractivity contribution < 1.29 is 0 Å². The zero-order valence-corrected chi connectivity index (χ0v) is 16.7. The highest BCUT2D eigenvalue weighted by Crippen LogP contribution is 2.19. The van der Waals surface area contributed by atoms with E-state index in [0.29, 0.717) is 11.9 Å². The van der Waals surface area contributed by atoms with E-state index in [0.717, 1.165) is 44.2 Å². The third kappa shape index (κ3) is 6.78. The van der Waals surface area contributed by atoms with Gasteiger partial charge in [0.2, 0.25) is 0 Å². The highest BCUT2D eigenvalue weighted by molar-refractivity contribution is 14.0. The normalized spacial score (nSPS) is 17.3. The van der Waals surface area contributed by atoms with Gasteiger partial charge >= 0.3 is 0 Å². The molecular weight excluding hydrogens is 409 g/mol. The van der Waals surface area contributed by atoms with Crippen molar-refractivity contribution in [3.63, 3.8) is 0 Å². The van der Waals surface area contributed by atoms with Crippen molar-refractivity contribution in [2.75, 3.05) is 26.2 Å². The molecule has 0 atom stereocenters. The molecule has 0 amide bonds. The van der Waals surface area contributed by atoms with Crippen molar-refractivity contribution in [1.82, 2.24) is 15.2 Å². The number of hydrogen-bond donors (Lipinski definition) is 2. The lowest BCUT2D eigenvalue weighted by molar-refractivity contribution is 0.179. The summed E-state index contributed by atoms with van der Waals surface area (Å²) in [5, 5.41) is 6.46. The largest absolute Gasteiger partial charge is 0.370 e. The Morgan fingerprint density at radius 2 is 2.23 bits per heavy atom. The second-order valence-corrected chi connectivity index (χ2v) is 6.79. The van der Waals surface area contributed by atoms with Crippen LogP contribution in [-0.2, 0) is 6.54 Å². The summed E-state index contributed by atoms with van der Waals surface area (Å²) in [5.74, 6) is 1.26. The molecule has 0 bridgehead atoms. The standard InChI is InChI=1S/C15H27N5S.HI/c1-3-6-17-15(16)18-9-13-4-7-20(8-5-13)10-14-11-21-12(2)19-14;/h11,13H,3-10H2,1-2H3,(H3,16,17,18);1H. The summed E-state index contributed by atoms with van der Waals surface area (Å²) >= 11 is 1.73. The Kier molecular flexibility index (Phi) is 9.27. The highest BCUT2D eigenvalue weighted by atomic mass is 127. The molecule has 1 aliphatic heterocycles. The number of hydrogen-bond acceptors (Lipinski definition) is 4. The summed E-state index contributed by atoms with van der Waals surface area (Å²) in [6.45, 7) is 9.21. The minimum atomic E-state index is 0. The summed E-state index contributed by atoms with van der Waals surface area (Å²) in [6, 6.07) is 0. The summed E-state index contributed by atoms with van der Waals surface area (Å²) in [6.07, 6.45) is 3.48. The maximum atomic E-state index is 5.83. The van der Waals surface area contributed by atoms with Gasteiger partial charge in [-0.2, -0.15) is 0 Å². The Labute approximate surface area is 154 Å². The van der Waals surface area contributed by atoms with Gasteiger partial charge in [-0.05, 0) is 45.2 Å². The van der Waals surface area contributed by atoms with Gasteiger partial charge in [0.1, 0.15) is 0 Å². The molecule has 0 aliphatic carbocycles. The van der Waals surface area contributed by atoms with Gasteiger partial charge in [0.15, 0.2) is 5.96 Å². The summed E-state index contributed by atoms with van der Waals surface area (Å²) in [4.78, 5) is 11.5. The van der Waals surface area contributed by atoms with Gasteiger partial charge in [0, 0.05) is 25.0 Å². The molecule has 3 N–H and O–H groups in total. The zero-order chi connectivity index (χ0) is 15.1. The van der Waals surface area contributed by atoms with Crippen molar-refractivity contribution in [2.45, 2.75) is 39.7 Å². The second kappa shape index (κ2) is 10.4. The van der Waals surface area contributed by atoms with Crippen LogP contribution >= 0.6 is 35.3 Å². The predicted molar refractivity (Wildman–Crippen MR) is 105 cm³/mol. The van der Waals surface area contributed by atoms with Crippen LogP contribution in [0, 0.1) is 12.8 Å². The molecule has 1 aromatic rings. The number of nitrogens with two attached hydrogens (primary N) is 1. The Bertz CT molecular complexity index is 455. The van der Waals surface area contributed by atoms with Crippen LogP contribution in [0.4, 0.5) is 0 Å². The number of thiazole rings is 1. The average Bonchev–Trinajstić information content (AvgIpc) is 2.89. The number of rotatable bonds is 6. The van der Waals surface area contributed by atoms with E-state index in [1.54, 1.807) is 11.3 Å². The fourth-order valence-electron chi connectivity index (χ4n) is 2.57. The molecule has 126 valence electrons. The summed E-state index contributed by atoms with van der Waals surface area (Å²) < 4.78 is 0. The molecule has 2 heterocycles. The number of aliphatic imine (C=N–C) groups is 1. The first-order valence-corrected chi connectivity index (χ1v) is 8.72. The van der Waals surface area contributed by atoms with E-state index in [1.807, 2.05) is 0 Å². The molecule has 7 heteroatoms. The molecule has 2 rings (SSSR count). The van der Waals surface area contributed by atoms with E-state index in [4.69, 9.17) is 5.73 Å². The predicted octanol–water partition coefficient (Wildman–Crippen LogP) is 2.60. The molecule has 0 spiro atoms. The number of likely N-dealkylation sites (tertiary alicyclic amines) is 1. The first kappa shape index (κ1) is 19.6. The lowest BCUT2D eigenvalue weighted by Gasteiger charge is -2.30. The van der Waals surface area contributed by atoms with Crippen LogP contribution in [0.15, 0.2) is 10.4 Å². The van der Waals surface area contributed by atoms with E-state index in [-0.39, 0.29) is 24.0 Å². The Hall–Kier alpha value is -0.410. The van der Waals surface area contributed by atoms with Crippen molar-refractivity contribution in [1.29, 1.82) is 0 Å². The first-order valence-electron chi connectivity index (χ1n) is 7.84. The lowest BCUT2D eigenvalue weighted by atomic mass is 9.97. The van der Waals surface area contributed by atoms with Gasteiger partial charge in [0.25, 0.3) is 0 Å². The van der Waals surface area contributed by atoms with Crippen LogP contribution in [0.5, 0.6) is 0 Å². The van der Waals surface area contributed by atoms with Crippen LogP contribution < -0.4 is 11.1 Å². The fraction of sp³-hybridized carbons (Fsp3) is 0.733. The van der Waals surface area contributed by atoms with E-state index in [2.05, 4.69) is 39.4 Å². The summed E-state index contributed by atoms with van der Waals surface area (Å²) in [5.41, 5.74) is 7.04. The van der Waals surface area contributed by atoms with Gasteiger partial charge in [-0.1, -0.05) is 6.92 Å². The van der Waals surface area contributed by atoms with Crippen molar-refractivity contribution in [2.24, 2.45) is 16.6 Å². The number of aromatic nitrogens is 1. The zero-order valence-electron chi connectivity index (χ0n) is 13.5. The minimum absolute atomic E-state index is 0. The van der Waals surface area contributed by atoms with Crippen LogP contribution in [0.1, 0.15) is 36.9 Å². The smallest absolute Gasteiger partial charge is 0.188 e. The number of nitrogens with zero attached hydrogens (tertiary/aromatic N) is 3. The first-order chi connectivity index (χ1) is 10.2. The third-order valence-corrected chi connectivity index (χ3v) is 4.66. The molecule has 5 nitrogen and oxygen atoms in total. The minimum Gasteiger partial charge on any atom is -0.370 e. The molecule has 0 saturated carbocycles. The second-order valence-electron chi connectivity index (χ2n) is 5.73. The monoisotopic (exact) mass is 437 g/mol. The molecule has 1 saturated heterocycles. The maximum Gasteiger partial charge on any atom is 0.188 e. The molecule has 22 heavy (non-hydrogen) atoms. The van der Waals surface area contributed by atoms with Gasteiger partial charge < -0.3 is 11.1 Å². The number of halogens is 1. The number of guanidine groups is 1. The molecule has 1 aliphatic rings. The van der Waals surface area contributed by atoms with Gasteiger partial charge in [0.05, 0.1) is 10.7 Å².